The first-order chi connectivity index (χ1) is 13.0. The Labute approximate surface area is 189 Å². The summed E-state index contributed by atoms with van der Waals surface area (Å²) in [6, 6.07) is 0. The maximum Gasteiger partial charge on any atom is 0.243 e. The van der Waals surface area contributed by atoms with Crippen LogP contribution in [0.4, 0.5) is 0 Å². The van der Waals surface area contributed by atoms with Gasteiger partial charge >= 0.3 is 0 Å². The zero-order valence-electron chi connectivity index (χ0n) is 17.3. The lowest BCUT2D eigenvalue weighted by Gasteiger charge is -2.26. The van der Waals surface area contributed by atoms with Crippen LogP contribution in [-0.2, 0) is 16.0 Å². The Balaban J connectivity index is 0.00000392. The molecule has 2 heterocycles. The van der Waals surface area contributed by atoms with Crippen LogP contribution in [0.1, 0.15) is 15.6 Å². The number of aryl methyl sites for hydroxylation is 2. The van der Waals surface area contributed by atoms with E-state index in [1.165, 1.54) is 4.88 Å². The average molecular weight is 524 g/mol. The molecule has 0 aliphatic carbocycles. The summed E-state index contributed by atoms with van der Waals surface area (Å²) in [4.78, 5) is 26.0. The summed E-state index contributed by atoms with van der Waals surface area (Å²) in [7, 11) is 3.48. The van der Waals surface area contributed by atoms with Gasteiger partial charge in [-0.1, -0.05) is 0 Å². The fourth-order valence-electron chi connectivity index (χ4n) is 2.55. The molecule has 1 saturated heterocycles. The van der Waals surface area contributed by atoms with E-state index >= 15 is 0 Å². The molecule has 2 N–H and O–H groups in total. The number of rotatable bonds is 8. The highest BCUT2D eigenvalue weighted by atomic mass is 127. The standard InChI is InChI=1S/C18H32N6O2S.HI/c1-14-15(2)27-16(22-14)5-6-19-18(21-13-17(25)23(3)4)20-7-8-24-9-11-26-12-10-24;/h5-13H2,1-4H3,(H2,19,20,21);1H. The molecular formula is C18H33IN6O2S. The first-order valence-corrected chi connectivity index (χ1v) is 10.2. The number of halogens is 1. The van der Waals surface area contributed by atoms with E-state index in [9.17, 15) is 4.79 Å². The van der Waals surface area contributed by atoms with Crippen molar-refractivity contribution < 1.29 is 9.53 Å². The highest BCUT2D eigenvalue weighted by molar-refractivity contribution is 14.0. The Hall–Kier alpha value is -0.980. The van der Waals surface area contributed by atoms with Gasteiger partial charge in [-0.25, -0.2) is 9.98 Å². The Morgan fingerprint density at radius 3 is 2.54 bits per heavy atom. The smallest absolute Gasteiger partial charge is 0.243 e. The highest BCUT2D eigenvalue weighted by Crippen LogP contribution is 2.16. The molecule has 1 fully saturated rings. The lowest BCUT2D eigenvalue weighted by atomic mass is 10.4. The van der Waals surface area contributed by atoms with Gasteiger partial charge in [-0.15, -0.1) is 35.3 Å². The Bertz CT molecular complexity index is 612. The van der Waals surface area contributed by atoms with E-state index in [2.05, 4.69) is 32.4 Å². The molecule has 1 aliphatic rings. The Morgan fingerprint density at radius 2 is 1.93 bits per heavy atom. The number of morpholine rings is 1. The van der Waals surface area contributed by atoms with Gasteiger partial charge in [0.15, 0.2) is 5.96 Å². The maximum absolute atomic E-state index is 11.8. The third-order valence-electron chi connectivity index (χ3n) is 4.40. The number of likely N-dealkylation sites (N-methyl/N-ethyl adjacent to an activating group) is 1. The largest absolute Gasteiger partial charge is 0.379 e. The molecule has 0 unspecified atom stereocenters. The van der Waals surface area contributed by atoms with Crippen molar-refractivity contribution in [1.29, 1.82) is 0 Å². The molecule has 10 heteroatoms. The number of amides is 1. The summed E-state index contributed by atoms with van der Waals surface area (Å²) in [5, 5.41) is 7.77. The number of aromatic nitrogens is 1. The van der Waals surface area contributed by atoms with Gasteiger partial charge in [0.25, 0.3) is 0 Å². The summed E-state index contributed by atoms with van der Waals surface area (Å²) in [6.45, 7) is 10.2. The number of thiazole rings is 1. The van der Waals surface area contributed by atoms with Crippen LogP contribution >= 0.6 is 35.3 Å². The lowest BCUT2D eigenvalue weighted by molar-refractivity contribution is -0.127. The van der Waals surface area contributed by atoms with Crippen molar-refractivity contribution in [1.82, 2.24) is 25.4 Å². The number of nitrogens with one attached hydrogen (secondary N) is 2. The number of ether oxygens (including phenoxy) is 1. The molecule has 28 heavy (non-hydrogen) atoms. The Morgan fingerprint density at radius 1 is 1.25 bits per heavy atom. The molecule has 1 aromatic heterocycles. The number of hydrogen-bond acceptors (Lipinski definition) is 6. The number of carbonyl (C=O) groups is 1. The lowest BCUT2D eigenvalue weighted by Crippen LogP contribution is -2.45. The molecule has 0 bridgehead atoms. The SMILES string of the molecule is Cc1nc(CCNC(=NCC(=O)N(C)C)NCCN2CCOCC2)sc1C.I. The van der Waals surface area contributed by atoms with Crippen LogP contribution in [0.15, 0.2) is 4.99 Å². The van der Waals surface area contributed by atoms with E-state index in [-0.39, 0.29) is 36.4 Å². The van der Waals surface area contributed by atoms with Crippen molar-refractivity contribution in [3.63, 3.8) is 0 Å². The van der Waals surface area contributed by atoms with Crippen LogP contribution in [0.3, 0.4) is 0 Å². The number of nitrogens with zero attached hydrogens (tertiary/aromatic N) is 4. The zero-order valence-corrected chi connectivity index (χ0v) is 20.4. The third kappa shape index (κ3) is 9.01. The summed E-state index contributed by atoms with van der Waals surface area (Å²) < 4.78 is 5.37. The molecule has 8 nitrogen and oxygen atoms in total. The van der Waals surface area contributed by atoms with E-state index in [1.54, 1.807) is 30.3 Å². The molecule has 1 amide bonds. The number of guanidine groups is 1. The first-order valence-electron chi connectivity index (χ1n) is 9.41. The van der Waals surface area contributed by atoms with Crippen LogP contribution in [0, 0.1) is 13.8 Å². The predicted octanol–water partition coefficient (Wildman–Crippen LogP) is 0.876. The minimum atomic E-state index is -0.0181. The van der Waals surface area contributed by atoms with Crippen molar-refractivity contribution >= 4 is 47.2 Å². The monoisotopic (exact) mass is 524 g/mol. The number of carbonyl (C=O) groups excluding carboxylic acids is 1. The van der Waals surface area contributed by atoms with Crippen molar-refractivity contribution in [2.24, 2.45) is 4.99 Å². The molecular weight excluding hydrogens is 491 g/mol. The predicted molar refractivity (Wildman–Crippen MR) is 125 cm³/mol. The quantitative estimate of drug-likeness (QED) is 0.299. The second kappa shape index (κ2) is 13.3. The minimum Gasteiger partial charge on any atom is -0.379 e. The van der Waals surface area contributed by atoms with Crippen LogP contribution in [0.2, 0.25) is 0 Å². The third-order valence-corrected chi connectivity index (χ3v) is 5.53. The summed E-state index contributed by atoms with van der Waals surface area (Å²) in [5.74, 6) is 0.652. The minimum absolute atomic E-state index is 0. The fraction of sp³-hybridized carbons (Fsp3) is 0.722. The highest BCUT2D eigenvalue weighted by Gasteiger charge is 2.10. The molecule has 0 spiro atoms. The number of hydrogen-bond donors (Lipinski definition) is 2. The summed E-state index contributed by atoms with van der Waals surface area (Å²) in [6.07, 6.45) is 0.838. The van der Waals surface area contributed by atoms with Gasteiger partial charge < -0.3 is 20.3 Å². The second-order valence-electron chi connectivity index (χ2n) is 6.76. The van der Waals surface area contributed by atoms with Gasteiger partial charge in [0.1, 0.15) is 6.54 Å². The van der Waals surface area contributed by atoms with E-state index in [1.807, 2.05) is 6.92 Å². The molecule has 0 atom stereocenters. The van der Waals surface area contributed by atoms with Crippen LogP contribution in [0.25, 0.3) is 0 Å². The van der Waals surface area contributed by atoms with Crippen molar-refractivity contribution in [2.45, 2.75) is 20.3 Å². The van der Waals surface area contributed by atoms with Crippen LogP contribution < -0.4 is 10.6 Å². The molecule has 2 rings (SSSR count). The van der Waals surface area contributed by atoms with E-state index < -0.39 is 0 Å². The van der Waals surface area contributed by atoms with E-state index in [4.69, 9.17) is 4.74 Å². The molecule has 1 aromatic rings. The van der Waals surface area contributed by atoms with Gasteiger partial charge in [-0.05, 0) is 13.8 Å². The van der Waals surface area contributed by atoms with E-state index in [0.29, 0.717) is 5.96 Å². The van der Waals surface area contributed by atoms with Gasteiger partial charge in [0.05, 0.1) is 23.9 Å². The van der Waals surface area contributed by atoms with Gasteiger partial charge in [-0.3, -0.25) is 9.69 Å². The molecule has 0 radical (unpaired) electrons. The zero-order chi connectivity index (χ0) is 19.6. The summed E-state index contributed by atoms with van der Waals surface area (Å²) in [5.41, 5.74) is 1.10. The van der Waals surface area contributed by atoms with Gasteiger partial charge in [0, 0.05) is 58.1 Å². The molecule has 1 aliphatic heterocycles. The average Bonchev–Trinajstić information content (AvgIpc) is 2.97. The molecule has 0 aromatic carbocycles. The molecule has 0 saturated carbocycles. The van der Waals surface area contributed by atoms with Crippen molar-refractivity contribution in [3.05, 3.63) is 15.6 Å². The van der Waals surface area contributed by atoms with Gasteiger partial charge in [-0.2, -0.15) is 0 Å². The van der Waals surface area contributed by atoms with Crippen molar-refractivity contribution in [2.75, 3.05) is 66.6 Å². The summed E-state index contributed by atoms with van der Waals surface area (Å²) >= 11 is 1.73. The first kappa shape index (κ1) is 25.1. The van der Waals surface area contributed by atoms with Gasteiger partial charge in [0.2, 0.25) is 5.91 Å². The Kier molecular flexibility index (Phi) is 11.9. The normalized spacial score (nSPS) is 15.1. The topological polar surface area (TPSA) is 82.1 Å². The number of aliphatic imine (C=N–C) groups is 1. The van der Waals surface area contributed by atoms with Crippen LogP contribution in [0.5, 0.6) is 0 Å². The molecule has 160 valence electrons. The maximum atomic E-state index is 11.8. The van der Waals surface area contributed by atoms with E-state index in [0.717, 1.165) is 63.1 Å². The second-order valence-corrected chi connectivity index (χ2v) is 8.05. The fourth-order valence-corrected chi connectivity index (χ4v) is 3.49. The van der Waals surface area contributed by atoms with Crippen molar-refractivity contribution in [3.8, 4) is 0 Å². The van der Waals surface area contributed by atoms with Crippen LogP contribution in [-0.4, -0.2) is 93.2 Å².